The van der Waals surface area contributed by atoms with E-state index in [0.29, 0.717) is 6.54 Å². The van der Waals surface area contributed by atoms with Crippen molar-refractivity contribution in [2.75, 3.05) is 19.6 Å². The van der Waals surface area contributed by atoms with Crippen LogP contribution in [0.25, 0.3) is 0 Å². The van der Waals surface area contributed by atoms with Gasteiger partial charge < -0.3 is 10.2 Å². The zero-order valence-corrected chi connectivity index (χ0v) is 10.1. The van der Waals surface area contributed by atoms with E-state index in [0.717, 1.165) is 24.8 Å². The molecule has 1 aromatic heterocycles. The fraction of sp³-hybridized carbons (Fsp3) is 0.692. The molecule has 16 heavy (non-hydrogen) atoms. The van der Waals surface area contributed by atoms with Crippen molar-refractivity contribution in [1.82, 2.24) is 4.90 Å². The van der Waals surface area contributed by atoms with Gasteiger partial charge in [0.05, 0.1) is 12.3 Å². The van der Waals surface area contributed by atoms with Crippen LogP contribution in [0.3, 0.4) is 0 Å². The second-order valence-corrected chi connectivity index (χ2v) is 4.84. The van der Waals surface area contributed by atoms with E-state index in [1.165, 1.54) is 19.3 Å². The maximum Gasteiger partial charge on any atom is 0.122 e. The Morgan fingerprint density at radius 1 is 1.50 bits per heavy atom. The van der Waals surface area contributed by atoms with Gasteiger partial charge in [0, 0.05) is 6.54 Å². The van der Waals surface area contributed by atoms with E-state index in [2.05, 4.69) is 11.8 Å². The molecule has 90 valence electrons. The summed E-state index contributed by atoms with van der Waals surface area (Å²) in [7, 11) is 0. The highest BCUT2D eigenvalue weighted by molar-refractivity contribution is 5.05. The van der Waals surface area contributed by atoms with Crippen molar-refractivity contribution in [2.45, 2.75) is 32.2 Å². The van der Waals surface area contributed by atoms with Crippen molar-refractivity contribution in [3.8, 4) is 0 Å². The van der Waals surface area contributed by atoms with Gasteiger partial charge in [-0.1, -0.05) is 6.92 Å². The van der Waals surface area contributed by atoms with Crippen molar-refractivity contribution >= 4 is 0 Å². The van der Waals surface area contributed by atoms with Gasteiger partial charge in [-0.15, -0.1) is 0 Å². The lowest BCUT2D eigenvalue weighted by molar-refractivity contribution is 0.184. The highest BCUT2D eigenvalue weighted by Gasteiger charge is 2.23. The van der Waals surface area contributed by atoms with Crippen LogP contribution in [-0.4, -0.2) is 24.5 Å². The average molecular weight is 222 g/mol. The summed E-state index contributed by atoms with van der Waals surface area (Å²) in [6, 6.07) is 4.24. The largest absolute Gasteiger partial charge is 0.468 e. The number of rotatable bonds is 3. The third kappa shape index (κ3) is 2.66. The molecule has 0 spiro atoms. The van der Waals surface area contributed by atoms with Gasteiger partial charge in [-0.2, -0.15) is 0 Å². The fourth-order valence-corrected chi connectivity index (χ4v) is 2.52. The summed E-state index contributed by atoms with van der Waals surface area (Å²) in [5.74, 6) is 1.86. The minimum atomic E-state index is 0.264. The number of hydrogen-bond acceptors (Lipinski definition) is 3. The van der Waals surface area contributed by atoms with Crippen LogP contribution in [0.15, 0.2) is 22.8 Å². The first kappa shape index (κ1) is 11.7. The Balaban J connectivity index is 2.03. The molecule has 0 bridgehead atoms. The molecule has 1 aromatic rings. The lowest BCUT2D eigenvalue weighted by atomic mass is 10.0. The average Bonchev–Trinajstić information content (AvgIpc) is 2.71. The molecule has 1 aliphatic rings. The second kappa shape index (κ2) is 5.51. The van der Waals surface area contributed by atoms with Crippen LogP contribution in [0.1, 0.15) is 38.0 Å². The second-order valence-electron chi connectivity index (χ2n) is 4.84. The van der Waals surface area contributed by atoms with Crippen molar-refractivity contribution < 1.29 is 4.42 Å². The Kier molecular flexibility index (Phi) is 4.02. The molecule has 0 aromatic carbocycles. The lowest BCUT2D eigenvalue weighted by Crippen LogP contribution is -2.34. The molecular formula is C13H22N2O. The lowest BCUT2D eigenvalue weighted by Gasteiger charge is -2.28. The van der Waals surface area contributed by atoms with Crippen molar-refractivity contribution in [2.24, 2.45) is 11.7 Å². The smallest absolute Gasteiger partial charge is 0.122 e. The zero-order valence-electron chi connectivity index (χ0n) is 10.1. The molecule has 0 amide bonds. The zero-order chi connectivity index (χ0) is 11.4. The maximum absolute atomic E-state index is 5.88. The summed E-state index contributed by atoms with van der Waals surface area (Å²) >= 11 is 0. The number of nitrogens with two attached hydrogens (primary N) is 1. The van der Waals surface area contributed by atoms with E-state index in [4.69, 9.17) is 10.2 Å². The molecule has 2 unspecified atom stereocenters. The predicted octanol–water partition coefficient (Wildman–Crippen LogP) is 2.40. The molecule has 2 rings (SSSR count). The Bertz CT molecular complexity index is 297. The monoisotopic (exact) mass is 222 g/mol. The van der Waals surface area contributed by atoms with Gasteiger partial charge in [0.2, 0.25) is 0 Å². The summed E-state index contributed by atoms with van der Waals surface area (Å²) < 4.78 is 5.49. The van der Waals surface area contributed by atoms with E-state index in [1.807, 2.05) is 12.1 Å². The van der Waals surface area contributed by atoms with Crippen LogP contribution in [0.4, 0.5) is 0 Å². The van der Waals surface area contributed by atoms with Gasteiger partial charge in [-0.25, -0.2) is 0 Å². The number of furan rings is 1. The van der Waals surface area contributed by atoms with Gasteiger partial charge in [-0.05, 0) is 50.4 Å². The van der Waals surface area contributed by atoms with Crippen molar-refractivity contribution in [3.63, 3.8) is 0 Å². The molecule has 0 radical (unpaired) electrons. The Hall–Kier alpha value is -0.800. The van der Waals surface area contributed by atoms with Gasteiger partial charge in [-0.3, -0.25) is 4.90 Å². The Morgan fingerprint density at radius 2 is 2.38 bits per heavy atom. The first-order valence-corrected chi connectivity index (χ1v) is 6.28. The topological polar surface area (TPSA) is 42.4 Å². The third-order valence-corrected chi connectivity index (χ3v) is 3.59. The first-order valence-electron chi connectivity index (χ1n) is 6.28. The molecule has 0 saturated carbocycles. The predicted molar refractivity (Wildman–Crippen MR) is 65.1 cm³/mol. The summed E-state index contributed by atoms with van der Waals surface area (Å²) in [6.07, 6.45) is 5.62. The van der Waals surface area contributed by atoms with Crippen LogP contribution in [0.5, 0.6) is 0 Å². The first-order chi connectivity index (χ1) is 7.81. The van der Waals surface area contributed by atoms with E-state index in [-0.39, 0.29) is 6.04 Å². The summed E-state index contributed by atoms with van der Waals surface area (Å²) in [5.41, 5.74) is 5.88. The van der Waals surface area contributed by atoms with Crippen molar-refractivity contribution in [3.05, 3.63) is 24.2 Å². The molecule has 1 aliphatic heterocycles. The quantitative estimate of drug-likeness (QED) is 0.854. The molecule has 2 heterocycles. The SMILES string of the molecule is CC1CCCN(C(CN)c2ccco2)CC1. The summed E-state index contributed by atoms with van der Waals surface area (Å²) in [6.45, 7) is 5.27. The van der Waals surface area contributed by atoms with Crippen LogP contribution >= 0.6 is 0 Å². The minimum Gasteiger partial charge on any atom is -0.468 e. The van der Waals surface area contributed by atoms with Crippen LogP contribution < -0.4 is 5.73 Å². The number of likely N-dealkylation sites (tertiary alicyclic amines) is 1. The van der Waals surface area contributed by atoms with Gasteiger partial charge in [0.25, 0.3) is 0 Å². The summed E-state index contributed by atoms with van der Waals surface area (Å²) in [5, 5.41) is 0. The van der Waals surface area contributed by atoms with E-state index in [9.17, 15) is 0 Å². The van der Waals surface area contributed by atoms with Crippen molar-refractivity contribution in [1.29, 1.82) is 0 Å². The molecule has 3 heteroatoms. The van der Waals surface area contributed by atoms with E-state index >= 15 is 0 Å². The highest BCUT2D eigenvalue weighted by Crippen LogP contribution is 2.25. The normalized spacial score (nSPS) is 25.2. The molecule has 2 N–H and O–H groups in total. The standard InChI is InChI=1S/C13H22N2O/c1-11-4-2-7-15(8-6-11)12(10-14)13-5-3-9-16-13/h3,5,9,11-12H,2,4,6-8,10,14H2,1H3. The molecule has 0 aliphatic carbocycles. The highest BCUT2D eigenvalue weighted by atomic mass is 16.3. The van der Waals surface area contributed by atoms with Gasteiger partial charge in [0.1, 0.15) is 5.76 Å². The molecule has 3 nitrogen and oxygen atoms in total. The Morgan fingerprint density at radius 3 is 3.06 bits per heavy atom. The fourth-order valence-electron chi connectivity index (χ4n) is 2.52. The van der Waals surface area contributed by atoms with Crippen LogP contribution in [-0.2, 0) is 0 Å². The third-order valence-electron chi connectivity index (χ3n) is 3.59. The maximum atomic E-state index is 5.88. The van der Waals surface area contributed by atoms with Gasteiger partial charge >= 0.3 is 0 Å². The number of hydrogen-bond donors (Lipinski definition) is 1. The van der Waals surface area contributed by atoms with Crippen LogP contribution in [0.2, 0.25) is 0 Å². The minimum absolute atomic E-state index is 0.264. The molecule has 1 fully saturated rings. The molecular weight excluding hydrogens is 200 g/mol. The van der Waals surface area contributed by atoms with Crippen LogP contribution in [0, 0.1) is 5.92 Å². The van der Waals surface area contributed by atoms with E-state index < -0.39 is 0 Å². The Labute approximate surface area is 97.6 Å². The van der Waals surface area contributed by atoms with Gasteiger partial charge in [0.15, 0.2) is 0 Å². The number of nitrogens with zero attached hydrogens (tertiary/aromatic N) is 1. The molecule has 2 atom stereocenters. The molecule has 1 saturated heterocycles. The summed E-state index contributed by atoms with van der Waals surface area (Å²) in [4.78, 5) is 2.47. The van der Waals surface area contributed by atoms with E-state index in [1.54, 1.807) is 6.26 Å².